The van der Waals surface area contributed by atoms with Gasteiger partial charge in [0.25, 0.3) is 0 Å². The third-order valence-electron chi connectivity index (χ3n) is 9.78. The third-order valence-corrected chi connectivity index (χ3v) is 9.78. The van der Waals surface area contributed by atoms with E-state index in [-0.39, 0.29) is 31.6 Å². The standard InChI is InChI=1S/C61H92O5/c1-4-7-10-13-16-19-22-25-28-30-31-32-34-36-39-42-45-48-51-54-60(62)65-58-59(57-64-56-53-50-47-44-41-38-35-29-26-23-20-17-14-11-8-5-2)66-61(63)55-52-49-46-43-40-37-33-27-24-21-18-15-12-9-6-3/h7-12,16-21,25-29,31-33,38,40-41,43,47,49-50,52,59H,4-6,13-15,22-24,30,34-37,39,42,44-46,48,51,53-58H2,1-3H3/b10-7-,11-8-,12-9-,19-16-,20-17-,21-18-,28-25-,29-26-,32-31-,33-27-,41-38-,43-40-,50-47-,52-49-. The highest BCUT2D eigenvalue weighted by Crippen LogP contribution is 2.11. The maximum absolute atomic E-state index is 12.7. The minimum absolute atomic E-state index is 0.00475. The van der Waals surface area contributed by atoms with E-state index in [4.69, 9.17) is 14.2 Å². The molecule has 0 bridgehead atoms. The van der Waals surface area contributed by atoms with Crippen LogP contribution >= 0.6 is 0 Å². The van der Waals surface area contributed by atoms with Crippen LogP contribution in [0.4, 0.5) is 0 Å². The van der Waals surface area contributed by atoms with Crippen LogP contribution in [0, 0.1) is 0 Å². The van der Waals surface area contributed by atoms with Gasteiger partial charge >= 0.3 is 11.9 Å². The lowest BCUT2D eigenvalue weighted by molar-refractivity contribution is -0.162. The van der Waals surface area contributed by atoms with Crippen LogP contribution in [0.1, 0.15) is 175 Å². The summed E-state index contributed by atoms with van der Waals surface area (Å²) in [6.07, 6.45) is 82.6. The van der Waals surface area contributed by atoms with Crippen molar-refractivity contribution in [3.8, 4) is 0 Å². The molecule has 0 N–H and O–H groups in total. The summed E-state index contributed by atoms with van der Waals surface area (Å²) in [7, 11) is 0. The lowest BCUT2D eigenvalue weighted by Gasteiger charge is -2.18. The molecule has 1 atom stereocenters. The van der Waals surface area contributed by atoms with E-state index < -0.39 is 6.10 Å². The van der Waals surface area contributed by atoms with Crippen molar-refractivity contribution < 1.29 is 23.8 Å². The minimum Gasteiger partial charge on any atom is -0.462 e. The summed E-state index contributed by atoms with van der Waals surface area (Å²) in [5.41, 5.74) is 0. The van der Waals surface area contributed by atoms with E-state index in [0.29, 0.717) is 13.0 Å². The summed E-state index contributed by atoms with van der Waals surface area (Å²) >= 11 is 0. The van der Waals surface area contributed by atoms with Crippen LogP contribution in [-0.4, -0.2) is 37.9 Å². The maximum atomic E-state index is 12.7. The number of unbranched alkanes of at least 4 members (excludes halogenated alkanes) is 6. The Morgan fingerprint density at radius 3 is 1.09 bits per heavy atom. The quantitative estimate of drug-likeness (QED) is 0.0346. The molecule has 0 aromatic carbocycles. The first-order valence-corrected chi connectivity index (χ1v) is 25.7. The van der Waals surface area contributed by atoms with Crippen molar-refractivity contribution in [2.75, 3.05) is 19.8 Å². The number of rotatable bonds is 44. The summed E-state index contributed by atoms with van der Waals surface area (Å²) in [6.45, 7) is 7.12. The molecule has 366 valence electrons. The van der Waals surface area contributed by atoms with Crippen LogP contribution in [0.15, 0.2) is 170 Å². The number of hydrogen-bond acceptors (Lipinski definition) is 5. The Labute approximate surface area is 405 Å². The molecule has 0 aromatic rings. The van der Waals surface area contributed by atoms with Gasteiger partial charge in [0, 0.05) is 6.42 Å². The molecule has 0 radical (unpaired) electrons. The molecule has 0 amide bonds. The van der Waals surface area contributed by atoms with E-state index in [9.17, 15) is 9.59 Å². The molecule has 0 aromatic heterocycles. The number of carbonyl (C=O) groups excluding carboxylic acids is 2. The fourth-order valence-electron chi connectivity index (χ4n) is 6.11. The zero-order valence-corrected chi connectivity index (χ0v) is 41.9. The van der Waals surface area contributed by atoms with Gasteiger partial charge in [-0.05, 0) is 116 Å². The van der Waals surface area contributed by atoms with Crippen LogP contribution in [0.2, 0.25) is 0 Å². The molecule has 1 unspecified atom stereocenters. The second kappa shape index (κ2) is 54.6. The average molecular weight is 905 g/mol. The molecule has 66 heavy (non-hydrogen) atoms. The van der Waals surface area contributed by atoms with Crippen molar-refractivity contribution in [2.45, 2.75) is 181 Å². The van der Waals surface area contributed by atoms with Crippen LogP contribution < -0.4 is 0 Å². The minimum atomic E-state index is -0.650. The zero-order valence-electron chi connectivity index (χ0n) is 41.9. The van der Waals surface area contributed by atoms with Crippen LogP contribution in [0.3, 0.4) is 0 Å². The van der Waals surface area contributed by atoms with Crippen molar-refractivity contribution in [1.82, 2.24) is 0 Å². The highest BCUT2D eigenvalue weighted by atomic mass is 16.6. The predicted molar refractivity (Wildman–Crippen MR) is 287 cm³/mol. The van der Waals surface area contributed by atoms with E-state index >= 15 is 0 Å². The highest BCUT2D eigenvalue weighted by molar-refractivity contribution is 5.71. The SMILES string of the molecule is CC/C=C\C/C=C\C/C=C\C/C=C\C/C=C\CCOCC(COC(=O)CCCCCCCC/C=C\C/C=C\C/C=C\C/C=C\CC)OC(=O)C/C=C\C/C=C\C/C=C\C/C=C\C/C=C\CC. The van der Waals surface area contributed by atoms with Gasteiger partial charge in [-0.15, -0.1) is 0 Å². The molecular weight excluding hydrogens is 813 g/mol. The van der Waals surface area contributed by atoms with E-state index in [1.54, 1.807) is 0 Å². The monoisotopic (exact) mass is 905 g/mol. The van der Waals surface area contributed by atoms with Gasteiger partial charge in [-0.1, -0.05) is 217 Å². The first kappa shape index (κ1) is 61.3. The Morgan fingerprint density at radius 1 is 0.348 bits per heavy atom. The number of allylic oxidation sites excluding steroid dienone is 26. The fraction of sp³-hybridized carbons (Fsp3) is 0.508. The Kier molecular flexibility index (Phi) is 50.7. The third kappa shape index (κ3) is 51.9. The molecule has 0 heterocycles. The number of ether oxygens (including phenoxy) is 3. The van der Waals surface area contributed by atoms with E-state index in [1.165, 1.54) is 19.3 Å². The molecule has 0 aliphatic heterocycles. The van der Waals surface area contributed by atoms with Crippen LogP contribution in [-0.2, 0) is 23.8 Å². The molecule has 0 saturated carbocycles. The van der Waals surface area contributed by atoms with Crippen molar-refractivity contribution in [2.24, 2.45) is 0 Å². The molecule has 5 nitrogen and oxygen atoms in total. The van der Waals surface area contributed by atoms with E-state index in [2.05, 4.69) is 179 Å². The van der Waals surface area contributed by atoms with Gasteiger partial charge < -0.3 is 14.2 Å². The molecule has 0 rings (SSSR count). The molecule has 0 fully saturated rings. The first-order valence-electron chi connectivity index (χ1n) is 25.7. The molecule has 0 saturated heterocycles. The summed E-state index contributed by atoms with van der Waals surface area (Å²) in [4.78, 5) is 25.4. The Hall–Kier alpha value is -4.74. The van der Waals surface area contributed by atoms with Crippen molar-refractivity contribution in [3.63, 3.8) is 0 Å². The largest absolute Gasteiger partial charge is 0.462 e. The molecule has 0 aliphatic carbocycles. The second-order valence-corrected chi connectivity index (χ2v) is 15.9. The van der Waals surface area contributed by atoms with Gasteiger partial charge in [0.15, 0.2) is 6.10 Å². The normalized spacial score (nSPS) is 13.7. The van der Waals surface area contributed by atoms with Gasteiger partial charge in [-0.25, -0.2) is 0 Å². The summed E-state index contributed by atoms with van der Waals surface area (Å²) in [5.74, 6) is -0.618. The first-order chi connectivity index (χ1) is 32.6. The van der Waals surface area contributed by atoms with Crippen molar-refractivity contribution in [3.05, 3.63) is 170 Å². The summed E-state index contributed by atoms with van der Waals surface area (Å²) in [6, 6.07) is 0. The van der Waals surface area contributed by atoms with Gasteiger partial charge in [-0.3, -0.25) is 9.59 Å². The van der Waals surface area contributed by atoms with Crippen LogP contribution in [0.5, 0.6) is 0 Å². The Bertz CT molecular complexity index is 1540. The number of esters is 2. The zero-order chi connectivity index (χ0) is 47.7. The van der Waals surface area contributed by atoms with Gasteiger partial charge in [-0.2, -0.15) is 0 Å². The lowest BCUT2D eigenvalue weighted by Crippen LogP contribution is -2.29. The smallest absolute Gasteiger partial charge is 0.310 e. The molecule has 5 heteroatoms. The van der Waals surface area contributed by atoms with Crippen molar-refractivity contribution >= 4 is 11.9 Å². The van der Waals surface area contributed by atoms with Crippen LogP contribution in [0.25, 0.3) is 0 Å². The average Bonchev–Trinajstić information content (AvgIpc) is 3.32. The maximum Gasteiger partial charge on any atom is 0.310 e. The Balaban J connectivity index is 4.56. The number of hydrogen-bond donors (Lipinski definition) is 0. The number of carbonyl (C=O) groups is 2. The molecule has 0 aliphatic rings. The van der Waals surface area contributed by atoms with Gasteiger partial charge in [0.2, 0.25) is 0 Å². The fourth-order valence-corrected chi connectivity index (χ4v) is 6.11. The van der Waals surface area contributed by atoms with E-state index in [1.807, 2.05) is 12.2 Å². The second-order valence-electron chi connectivity index (χ2n) is 15.9. The predicted octanol–water partition coefficient (Wildman–Crippen LogP) is 17.7. The molecular formula is C61H92O5. The molecule has 0 spiro atoms. The summed E-state index contributed by atoms with van der Waals surface area (Å²) in [5, 5.41) is 0. The topological polar surface area (TPSA) is 61.8 Å². The Morgan fingerprint density at radius 2 is 0.682 bits per heavy atom. The van der Waals surface area contributed by atoms with E-state index in [0.717, 1.165) is 122 Å². The highest BCUT2D eigenvalue weighted by Gasteiger charge is 2.17. The summed E-state index contributed by atoms with van der Waals surface area (Å²) < 4.78 is 17.2. The lowest BCUT2D eigenvalue weighted by atomic mass is 10.1. The van der Waals surface area contributed by atoms with Gasteiger partial charge in [0.1, 0.15) is 6.61 Å². The van der Waals surface area contributed by atoms with Crippen molar-refractivity contribution in [1.29, 1.82) is 0 Å². The van der Waals surface area contributed by atoms with Gasteiger partial charge in [0.05, 0.1) is 19.6 Å².